The first-order chi connectivity index (χ1) is 8.29. The molecule has 0 aromatic heterocycles. The molecular formula is C16H25N. The molecule has 0 radical (unpaired) electrons. The molecule has 0 heterocycles. The minimum absolute atomic E-state index is 0.733. The van der Waals surface area contributed by atoms with E-state index in [1.807, 2.05) is 0 Å². The summed E-state index contributed by atoms with van der Waals surface area (Å²) < 4.78 is 0. The average Bonchev–Trinajstić information content (AvgIpc) is 2.34. The molecule has 0 spiro atoms. The van der Waals surface area contributed by atoms with Crippen molar-refractivity contribution in [2.75, 3.05) is 6.54 Å². The fraction of sp³-hybridized carbons (Fsp3) is 0.625. The zero-order valence-corrected chi connectivity index (χ0v) is 11.2. The lowest BCUT2D eigenvalue weighted by atomic mass is 9.76. The van der Waals surface area contributed by atoms with Crippen LogP contribution in [0.5, 0.6) is 0 Å². The maximum absolute atomic E-state index is 3.68. The van der Waals surface area contributed by atoms with Crippen LogP contribution in [0, 0.1) is 11.8 Å². The molecule has 0 saturated heterocycles. The van der Waals surface area contributed by atoms with E-state index in [1.54, 1.807) is 0 Å². The summed E-state index contributed by atoms with van der Waals surface area (Å²) in [7, 11) is 0. The average molecular weight is 231 g/mol. The van der Waals surface area contributed by atoms with Crippen molar-refractivity contribution in [2.45, 2.75) is 45.6 Å². The lowest BCUT2D eigenvalue weighted by Crippen LogP contribution is -2.41. The fourth-order valence-electron chi connectivity index (χ4n) is 3.17. The maximum Gasteiger partial charge on any atom is 0.00985 e. The molecule has 1 aliphatic carbocycles. The molecule has 1 N–H and O–H groups in total. The summed E-state index contributed by atoms with van der Waals surface area (Å²) in [5.74, 6) is 1.72. The second-order valence-electron chi connectivity index (χ2n) is 5.53. The maximum atomic E-state index is 3.68. The summed E-state index contributed by atoms with van der Waals surface area (Å²) in [6.45, 7) is 5.72. The Hall–Kier alpha value is -0.820. The fourth-order valence-corrected chi connectivity index (χ4v) is 3.17. The molecule has 1 nitrogen and oxygen atoms in total. The SMILES string of the molecule is CCNC1CCC(C)CC1Cc1ccccc1. The van der Waals surface area contributed by atoms with Gasteiger partial charge in [0.1, 0.15) is 0 Å². The van der Waals surface area contributed by atoms with E-state index in [-0.39, 0.29) is 0 Å². The third kappa shape index (κ3) is 3.57. The topological polar surface area (TPSA) is 12.0 Å². The van der Waals surface area contributed by atoms with Gasteiger partial charge in [-0.15, -0.1) is 0 Å². The highest BCUT2D eigenvalue weighted by atomic mass is 14.9. The molecule has 94 valence electrons. The zero-order valence-electron chi connectivity index (χ0n) is 11.2. The molecule has 1 fully saturated rings. The van der Waals surface area contributed by atoms with Gasteiger partial charge in [-0.2, -0.15) is 0 Å². The van der Waals surface area contributed by atoms with Gasteiger partial charge in [-0.3, -0.25) is 0 Å². The molecule has 3 atom stereocenters. The molecular weight excluding hydrogens is 206 g/mol. The Labute approximate surface area is 106 Å². The molecule has 17 heavy (non-hydrogen) atoms. The highest BCUT2D eigenvalue weighted by Gasteiger charge is 2.27. The van der Waals surface area contributed by atoms with E-state index in [0.29, 0.717) is 0 Å². The minimum Gasteiger partial charge on any atom is -0.314 e. The van der Waals surface area contributed by atoms with Crippen molar-refractivity contribution < 1.29 is 0 Å². The van der Waals surface area contributed by atoms with Crippen molar-refractivity contribution in [3.8, 4) is 0 Å². The first kappa shape index (κ1) is 12.6. The monoisotopic (exact) mass is 231 g/mol. The smallest absolute Gasteiger partial charge is 0.00985 e. The Morgan fingerprint density at radius 2 is 1.94 bits per heavy atom. The van der Waals surface area contributed by atoms with E-state index in [9.17, 15) is 0 Å². The largest absolute Gasteiger partial charge is 0.314 e. The summed E-state index contributed by atoms with van der Waals surface area (Å²) in [5.41, 5.74) is 1.49. The van der Waals surface area contributed by atoms with E-state index in [1.165, 1.54) is 31.2 Å². The van der Waals surface area contributed by atoms with Gasteiger partial charge < -0.3 is 5.32 Å². The van der Waals surface area contributed by atoms with E-state index < -0.39 is 0 Å². The molecule has 1 aromatic carbocycles. The van der Waals surface area contributed by atoms with Crippen molar-refractivity contribution >= 4 is 0 Å². The van der Waals surface area contributed by atoms with Crippen molar-refractivity contribution in [3.05, 3.63) is 35.9 Å². The van der Waals surface area contributed by atoms with E-state index >= 15 is 0 Å². The highest BCUT2D eigenvalue weighted by molar-refractivity contribution is 5.15. The first-order valence-electron chi connectivity index (χ1n) is 7.07. The van der Waals surface area contributed by atoms with Crippen LogP contribution in [0.2, 0.25) is 0 Å². The molecule has 0 bridgehead atoms. The van der Waals surface area contributed by atoms with Gasteiger partial charge in [0.05, 0.1) is 0 Å². The van der Waals surface area contributed by atoms with E-state index in [4.69, 9.17) is 0 Å². The van der Waals surface area contributed by atoms with Crippen LogP contribution in [-0.2, 0) is 6.42 Å². The molecule has 3 unspecified atom stereocenters. The molecule has 0 aliphatic heterocycles. The number of hydrogen-bond donors (Lipinski definition) is 1. The van der Waals surface area contributed by atoms with Crippen molar-refractivity contribution in [2.24, 2.45) is 11.8 Å². The standard InChI is InChI=1S/C16H25N/c1-3-17-16-10-9-13(2)11-15(16)12-14-7-5-4-6-8-14/h4-8,13,15-17H,3,9-12H2,1-2H3. The molecule has 1 aliphatic rings. The molecule has 1 saturated carbocycles. The number of benzene rings is 1. The molecule has 2 rings (SSSR count). The Bertz CT molecular complexity index is 320. The predicted molar refractivity (Wildman–Crippen MR) is 74.1 cm³/mol. The van der Waals surface area contributed by atoms with Crippen molar-refractivity contribution in [1.82, 2.24) is 5.32 Å². The van der Waals surface area contributed by atoms with Gasteiger partial charge in [-0.25, -0.2) is 0 Å². The van der Waals surface area contributed by atoms with E-state index in [0.717, 1.165) is 24.4 Å². The predicted octanol–water partition coefficient (Wildman–Crippen LogP) is 3.64. The minimum atomic E-state index is 0.733. The Morgan fingerprint density at radius 1 is 1.18 bits per heavy atom. The van der Waals surface area contributed by atoms with Gasteiger partial charge in [-0.1, -0.05) is 44.2 Å². The number of rotatable bonds is 4. The van der Waals surface area contributed by atoms with Gasteiger partial charge >= 0.3 is 0 Å². The van der Waals surface area contributed by atoms with Gasteiger partial charge in [0, 0.05) is 6.04 Å². The van der Waals surface area contributed by atoms with Crippen LogP contribution in [0.4, 0.5) is 0 Å². The van der Waals surface area contributed by atoms with Crippen LogP contribution < -0.4 is 5.32 Å². The quantitative estimate of drug-likeness (QED) is 0.834. The number of nitrogens with one attached hydrogen (secondary N) is 1. The van der Waals surface area contributed by atoms with Crippen LogP contribution in [0.25, 0.3) is 0 Å². The summed E-state index contributed by atoms with van der Waals surface area (Å²) in [5, 5.41) is 3.68. The van der Waals surface area contributed by atoms with Gasteiger partial charge in [0.15, 0.2) is 0 Å². The van der Waals surface area contributed by atoms with Gasteiger partial charge in [0.2, 0.25) is 0 Å². The van der Waals surface area contributed by atoms with Gasteiger partial charge in [0.25, 0.3) is 0 Å². The van der Waals surface area contributed by atoms with Crippen molar-refractivity contribution in [3.63, 3.8) is 0 Å². The first-order valence-corrected chi connectivity index (χ1v) is 7.07. The third-order valence-corrected chi connectivity index (χ3v) is 4.05. The summed E-state index contributed by atoms with van der Waals surface area (Å²) in [6.07, 6.45) is 5.37. The third-order valence-electron chi connectivity index (χ3n) is 4.05. The Kier molecular flexibility index (Phi) is 4.61. The molecule has 1 heteroatoms. The van der Waals surface area contributed by atoms with Crippen LogP contribution in [0.1, 0.15) is 38.7 Å². The van der Waals surface area contributed by atoms with Crippen LogP contribution in [-0.4, -0.2) is 12.6 Å². The zero-order chi connectivity index (χ0) is 12.1. The number of hydrogen-bond acceptors (Lipinski definition) is 1. The Morgan fingerprint density at radius 3 is 2.65 bits per heavy atom. The van der Waals surface area contributed by atoms with Crippen LogP contribution >= 0.6 is 0 Å². The Balaban J connectivity index is 1.99. The summed E-state index contributed by atoms with van der Waals surface area (Å²) in [6, 6.07) is 11.7. The van der Waals surface area contributed by atoms with Crippen molar-refractivity contribution in [1.29, 1.82) is 0 Å². The van der Waals surface area contributed by atoms with E-state index in [2.05, 4.69) is 49.5 Å². The lowest BCUT2D eigenvalue weighted by molar-refractivity contribution is 0.214. The summed E-state index contributed by atoms with van der Waals surface area (Å²) in [4.78, 5) is 0. The molecule has 1 aromatic rings. The highest BCUT2D eigenvalue weighted by Crippen LogP contribution is 2.31. The van der Waals surface area contributed by atoms with Gasteiger partial charge in [-0.05, 0) is 49.6 Å². The molecule has 0 amide bonds. The van der Waals surface area contributed by atoms with Crippen LogP contribution in [0.3, 0.4) is 0 Å². The second-order valence-corrected chi connectivity index (χ2v) is 5.53. The normalized spacial score (nSPS) is 29.2. The lowest BCUT2D eigenvalue weighted by Gasteiger charge is -2.35. The summed E-state index contributed by atoms with van der Waals surface area (Å²) >= 11 is 0. The van der Waals surface area contributed by atoms with Crippen LogP contribution in [0.15, 0.2) is 30.3 Å². The second kappa shape index (κ2) is 6.20.